The minimum absolute atomic E-state index is 0.0318. The molecule has 0 spiro atoms. The number of halogens is 3. The fourth-order valence-corrected chi connectivity index (χ4v) is 3.98. The number of ketones is 1. The Morgan fingerprint density at radius 2 is 1.95 bits per heavy atom. The highest BCUT2D eigenvalue weighted by molar-refractivity contribution is 5.91. The lowest BCUT2D eigenvalue weighted by Gasteiger charge is -2.34. The molecular formula is C24H24F3N7O4. The Morgan fingerprint density at radius 3 is 2.63 bits per heavy atom. The number of hydrogen-bond donors (Lipinski definition) is 3. The molecule has 3 N–H and O–H groups in total. The van der Waals surface area contributed by atoms with Gasteiger partial charge in [-0.2, -0.15) is 13.2 Å². The summed E-state index contributed by atoms with van der Waals surface area (Å²) < 4.78 is 42.0. The topological polar surface area (TPSA) is 140 Å². The molecule has 38 heavy (non-hydrogen) atoms. The maximum Gasteiger partial charge on any atom is 0.418 e. The third-order valence-electron chi connectivity index (χ3n) is 6.01. The number of Topliss-reactive ketones (excluding diaryl/α,β-unsaturated/α-hetero) is 1. The Balaban J connectivity index is 1.44. The van der Waals surface area contributed by atoms with Crippen molar-refractivity contribution in [1.29, 1.82) is 0 Å². The number of fused-ring (bicyclic) bond motifs is 1. The maximum absolute atomic E-state index is 13.3. The molecule has 0 fully saturated rings. The largest absolute Gasteiger partial charge is 0.418 e. The lowest BCUT2D eigenvalue weighted by molar-refractivity contribution is -0.138. The van der Waals surface area contributed by atoms with Gasteiger partial charge in [-0.3, -0.25) is 33.8 Å². The third-order valence-corrected chi connectivity index (χ3v) is 6.01. The molecule has 14 heteroatoms. The highest BCUT2D eigenvalue weighted by Gasteiger charge is 2.34. The van der Waals surface area contributed by atoms with Gasteiger partial charge in [-0.15, -0.1) is 0 Å². The van der Waals surface area contributed by atoms with Gasteiger partial charge < -0.3 is 10.6 Å². The molecular weight excluding hydrogens is 507 g/mol. The quantitative estimate of drug-likeness (QED) is 0.401. The number of anilines is 2. The second-order valence-corrected chi connectivity index (χ2v) is 8.78. The van der Waals surface area contributed by atoms with Gasteiger partial charge in [-0.25, -0.2) is 9.78 Å². The molecule has 0 aliphatic carbocycles. The summed E-state index contributed by atoms with van der Waals surface area (Å²) in [5.74, 6) is -0.261. The van der Waals surface area contributed by atoms with Gasteiger partial charge in [-0.1, -0.05) is 6.07 Å². The van der Waals surface area contributed by atoms with E-state index in [1.807, 2.05) is 0 Å². The van der Waals surface area contributed by atoms with Crippen LogP contribution in [-0.2, 0) is 29.4 Å². The summed E-state index contributed by atoms with van der Waals surface area (Å²) in [7, 11) is 1.49. The van der Waals surface area contributed by atoms with E-state index in [1.54, 1.807) is 0 Å². The number of nitrogens with zero attached hydrogens (tertiary/aromatic N) is 4. The lowest BCUT2D eigenvalue weighted by atomic mass is 10.1. The number of aryl methyl sites for hydroxylation is 1. The fraction of sp³-hybridized carbons (Fsp3) is 0.333. The first-order valence-corrected chi connectivity index (χ1v) is 11.5. The average molecular weight is 531 g/mol. The first-order chi connectivity index (χ1) is 17.9. The van der Waals surface area contributed by atoms with Gasteiger partial charge >= 0.3 is 11.9 Å². The number of carbonyl (C=O) groups is 2. The van der Waals surface area contributed by atoms with Gasteiger partial charge in [0.15, 0.2) is 0 Å². The van der Waals surface area contributed by atoms with Crippen LogP contribution < -0.4 is 27.2 Å². The molecule has 4 rings (SSSR count). The summed E-state index contributed by atoms with van der Waals surface area (Å²) >= 11 is 0. The molecule has 3 aromatic rings. The Hall–Kier alpha value is -4.33. The predicted octanol–water partition coefficient (Wildman–Crippen LogP) is 1.96. The standard InChI is InChI=1S/C24H24F3N7O4/c1-12(35)7-8-34-22(37)19-20(32-21(19)33(3)23(34)38)29-11-18(36)31-17-6-4-5-16(30-17)14-9-15(24(25,26)27)13(2)28-10-14/h4-6,9-10,20,29,32H,7-8,11H2,1-3H3,(H,30,31,36)/t20-/m0/s1. The number of rotatable bonds is 8. The Morgan fingerprint density at radius 1 is 1.21 bits per heavy atom. The monoisotopic (exact) mass is 531 g/mol. The van der Waals surface area contributed by atoms with Crippen LogP contribution in [0.3, 0.4) is 0 Å². The summed E-state index contributed by atoms with van der Waals surface area (Å²) in [6.07, 6.45) is -3.97. The van der Waals surface area contributed by atoms with Crippen LogP contribution in [0.25, 0.3) is 11.3 Å². The van der Waals surface area contributed by atoms with E-state index in [1.165, 1.54) is 49.9 Å². The highest BCUT2D eigenvalue weighted by Crippen LogP contribution is 2.33. The van der Waals surface area contributed by atoms with Crippen LogP contribution in [-0.4, -0.2) is 37.3 Å². The molecule has 0 radical (unpaired) electrons. The number of alkyl halides is 3. The second-order valence-electron chi connectivity index (χ2n) is 8.78. The molecule has 3 aromatic heterocycles. The van der Waals surface area contributed by atoms with Gasteiger partial charge in [0.2, 0.25) is 5.91 Å². The molecule has 1 aliphatic heterocycles. The van der Waals surface area contributed by atoms with Crippen LogP contribution in [0.1, 0.15) is 36.3 Å². The summed E-state index contributed by atoms with van der Waals surface area (Å²) in [5.41, 5.74) is -1.56. The van der Waals surface area contributed by atoms with Gasteiger partial charge in [0.25, 0.3) is 5.56 Å². The number of amides is 1. The van der Waals surface area contributed by atoms with E-state index in [4.69, 9.17) is 0 Å². The van der Waals surface area contributed by atoms with Crippen LogP contribution >= 0.6 is 0 Å². The normalized spacial score (nSPS) is 14.3. The first-order valence-electron chi connectivity index (χ1n) is 11.5. The molecule has 1 aliphatic rings. The number of carbonyl (C=O) groups excluding carboxylic acids is 2. The Kier molecular flexibility index (Phi) is 7.18. The van der Waals surface area contributed by atoms with Crippen LogP contribution in [0.5, 0.6) is 0 Å². The minimum atomic E-state index is -4.57. The molecule has 0 aromatic carbocycles. The van der Waals surface area contributed by atoms with Crippen molar-refractivity contribution in [1.82, 2.24) is 24.4 Å². The van der Waals surface area contributed by atoms with Crippen LogP contribution in [0.2, 0.25) is 0 Å². The van der Waals surface area contributed by atoms with Crippen molar-refractivity contribution in [2.75, 3.05) is 17.2 Å². The smallest absolute Gasteiger partial charge is 0.351 e. The van der Waals surface area contributed by atoms with E-state index in [9.17, 15) is 32.3 Å². The number of pyridine rings is 2. The second kappa shape index (κ2) is 10.2. The molecule has 11 nitrogen and oxygen atoms in total. The minimum Gasteiger partial charge on any atom is -0.351 e. The van der Waals surface area contributed by atoms with E-state index in [0.29, 0.717) is 5.82 Å². The lowest BCUT2D eigenvalue weighted by Crippen LogP contribution is -2.52. The highest BCUT2D eigenvalue weighted by atomic mass is 19.4. The molecule has 0 saturated carbocycles. The van der Waals surface area contributed by atoms with Gasteiger partial charge in [-0.05, 0) is 32.0 Å². The number of hydrogen-bond acceptors (Lipinski definition) is 8. The van der Waals surface area contributed by atoms with Gasteiger partial charge in [0, 0.05) is 37.5 Å². The fourth-order valence-electron chi connectivity index (χ4n) is 3.98. The number of aromatic nitrogens is 4. The van der Waals surface area contributed by atoms with E-state index >= 15 is 0 Å². The number of nitrogens with one attached hydrogen (secondary N) is 3. The maximum atomic E-state index is 13.3. The van der Waals surface area contributed by atoms with Crippen molar-refractivity contribution in [2.24, 2.45) is 7.05 Å². The predicted molar refractivity (Wildman–Crippen MR) is 131 cm³/mol. The SMILES string of the molecule is CC(=O)CCn1c(=O)c2c(n(C)c1=O)N[C@@H]2NCC(=O)Nc1cccc(-c2cnc(C)c(C(F)(F)F)c2)n1. The molecule has 1 amide bonds. The molecule has 4 heterocycles. The summed E-state index contributed by atoms with van der Waals surface area (Å²) in [6.45, 7) is 2.33. The van der Waals surface area contributed by atoms with Crippen molar-refractivity contribution in [3.8, 4) is 11.3 Å². The van der Waals surface area contributed by atoms with Crippen LogP contribution in [0, 0.1) is 6.92 Å². The van der Waals surface area contributed by atoms with Gasteiger partial charge in [0.1, 0.15) is 23.6 Å². The van der Waals surface area contributed by atoms with Gasteiger partial charge in [0.05, 0.1) is 23.4 Å². The zero-order valence-corrected chi connectivity index (χ0v) is 20.6. The molecule has 0 unspecified atom stereocenters. The molecule has 1 atom stereocenters. The summed E-state index contributed by atoms with van der Waals surface area (Å²) in [5, 5.41) is 8.34. The van der Waals surface area contributed by atoms with E-state index in [2.05, 4.69) is 25.9 Å². The Bertz CT molecular complexity index is 1550. The third kappa shape index (κ3) is 5.34. The van der Waals surface area contributed by atoms with Crippen molar-refractivity contribution < 1.29 is 22.8 Å². The van der Waals surface area contributed by atoms with Crippen molar-refractivity contribution in [3.63, 3.8) is 0 Å². The van der Waals surface area contributed by atoms with Crippen molar-refractivity contribution in [2.45, 2.75) is 39.2 Å². The molecule has 0 bridgehead atoms. The van der Waals surface area contributed by atoms with E-state index in [-0.39, 0.29) is 53.6 Å². The van der Waals surface area contributed by atoms with Crippen LogP contribution in [0.4, 0.5) is 24.8 Å². The molecule has 200 valence electrons. The zero-order chi connectivity index (χ0) is 27.8. The molecule has 0 saturated heterocycles. The van der Waals surface area contributed by atoms with Crippen molar-refractivity contribution in [3.05, 3.63) is 68.1 Å². The van der Waals surface area contributed by atoms with Crippen LogP contribution in [0.15, 0.2) is 40.1 Å². The van der Waals surface area contributed by atoms with E-state index in [0.717, 1.165) is 10.6 Å². The zero-order valence-electron chi connectivity index (χ0n) is 20.6. The first kappa shape index (κ1) is 26.7. The summed E-state index contributed by atoms with van der Waals surface area (Å²) in [4.78, 5) is 57.1. The van der Waals surface area contributed by atoms with Crippen molar-refractivity contribution >= 4 is 23.3 Å². The Labute approximate surface area is 213 Å². The average Bonchev–Trinajstić information content (AvgIpc) is 2.82. The van der Waals surface area contributed by atoms with E-state index < -0.39 is 35.1 Å². The summed E-state index contributed by atoms with van der Waals surface area (Å²) in [6, 6.07) is 5.46.